The average molecular weight is 289 g/mol. The zero-order chi connectivity index (χ0) is 14.8. The molecule has 0 saturated carbocycles. The van der Waals surface area contributed by atoms with E-state index >= 15 is 0 Å². The number of hydrogen-bond acceptors (Lipinski definition) is 4. The Morgan fingerprint density at radius 2 is 2.29 bits per heavy atom. The van der Waals surface area contributed by atoms with E-state index in [0.29, 0.717) is 29.6 Å². The van der Waals surface area contributed by atoms with Crippen molar-refractivity contribution in [3.8, 4) is 0 Å². The second-order valence-electron chi connectivity index (χ2n) is 6.00. The molecule has 21 heavy (non-hydrogen) atoms. The second kappa shape index (κ2) is 5.93. The normalized spacial score (nSPS) is 19.3. The third-order valence-electron chi connectivity index (χ3n) is 4.01. The largest absolute Gasteiger partial charge is 0.339 e. The Morgan fingerprint density at radius 3 is 3.05 bits per heavy atom. The fourth-order valence-corrected chi connectivity index (χ4v) is 2.89. The zero-order valence-electron chi connectivity index (χ0n) is 12.5. The Morgan fingerprint density at radius 1 is 1.43 bits per heavy atom. The molecule has 0 radical (unpaired) electrons. The lowest BCUT2D eigenvalue weighted by Gasteiger charge is -2.06. The van der Waals surface area contributed by atoms with Crippen molar-refractivity contribution >= 4 is 0 Å². The first-order valence-electron chi connectivity index (χ1n) is 7.35. The molecule has 3 rings (SSSR count). The van der Waals surface area contributed by atoms with Gasteiger partial charge in [-0.2, -0.15) is 4.98 Å². The predicted octanol–water partition coefficient (Wildman–Crippen LogP) is 2.60. The maximum Gasteiger partial charge on any atom is 0.226 e. The van der Waals surface area contributed by atoms with Gasteiger partial charge in [0.2, 0.25) is 5.89 Å². The van der Waals surface area contributed by atoms with Gasteiger partial charge in [0.25, 0.3) is 0 Å². The summed E-state index contributed by atoms with van der Waals surface area (Å²) in [6, 6.07) is 5.08. The second-order valence-corrected chi connectivity index (χ2v) is 6.00. The summed E-state index contributed by atoms with van der Waals surface area (Å²) in [7, 11) is 2.12. The van der Waals surface area contributed by atoms with Crippen LogP contribution >= 0.6 is 0 Å². The van der Waals surface area contributed by atoms with Crippen LogP contribution in [0.5, 0.6) is 0 Å². The van der Waals surface area contributed by atoms with Crippen molar-refractivity contribution in [1.82, 2.24) is 15.0 Å². The van der Waals surface area contributed by atoms with Crippen molar-refractivity contribution in [3.05, 3.63) is 46.9 Å². The summed E-state index contributed by atoms with van der Waals surface area (Å²) >= 11 is 0. The molecule has 1 fully saturated rings. The van der Waals surface area contributed by atoms with Gasteiger partial charge in [0, 0.05) is 19.4 Å². The van der Waals surface area contributed by atoms with Gasteiger partial charge in [0.15, 0.2) is 5.82 Å². The Balaban J connectivity index is 1.66. The molecule has 1 aliphatic heterocycles. The molecule has 112 valence electrons. The molecule has 0 spiro atoms. The van der Waals surface area contributed by atoms with Gasteiger partial charge in [-0.25, -0.2) is 4.39 Å². The Kier molecular flexibility index (Phi) is 4.01. The van der Waals surface area contributed by atoms with Gasteiger partial charge in [-0.3, -0.25) is 0 Å². The van der Waals surface area contributed by atoms with Crippen LogP contribution in [0.4, 0.5) is 4.39 Å². The van der Waals surface area contributed by atoms with E-state index in [2.05, 4.69) is 22.1 Å². The standard InChI is InChI=1S/C16H20FN3O/c1-11-3-4-14(17)13(7-11)9-15-18-16(21-19-15)8-12-5-6-20(2)10-12/h3-4,7,12H,5-6,8-10H2,1-2H3. The van der Waals surface area contributed by atoms with Crippen LogP contribution in [-0.2, 0) is 12.8 Å². The molecule has 1 aromatic heterocycles. The molecule has 0 bridgehead atoms. The van der Waals surface area contributed by atoms with Crippen LogP contribution in [0.2, 0.25) is 0 Å². The van der Waals surface area contributed by atoms with Crippen molar-refractivity contribution in [3.63, 3.8) is 0 Å². The van der Waals surface area contributed by atoms with Crippen molar-refractivity contribution in [2.75, 3.05) is 20.1 Å². The van der Waals surface area contributed by atoms with Gasteiger partial charge in [-0.05, 0) is 44.5 Å². The molecule has 1 saturated heterocycles. The molecule has 2 heterocycles. The van der Waals surface area contributed by atoms with Crippen LogP contribution in [0.3, 0.4) is 0 Å². The first-order chi connectivity index (χ1) is 10.1. The van der Waals surface area contributed by atoms with Gasteiger partial charge in [-0.15, -0.1) is 0 Å². The Hall–Kier alpha value is -1.75. The number of halogens is 1. The Labute approximate surface area is 124 Å². The number of benzene rings is 1. The average Bonchev–Trinajstić information content (AvgIpc) is 3.04. The fraction of sp³-hybridized carbons (Fsp3) is 0.500. The van der Waals surface area contributed by atoms with Gasteiger partial charge in [0.1, 0.15) is 5.82 Å². The van der Waals surface area contributed by atoms with Crippen molar-refractivity contribution in [2.45, 2.75) is 26.2 Å². The van der Waals surface area contributed by atoms with Gasteiger partial charge < -0.3 is 9.42 Å². The SMILES string of the molecule is Cc1ccc(F)c(Cc2noc(CC3CCN(C)C3)n2)c1. The van der Waals surface area contributed by atoms with Gasteiger partial charge in [-0.1, -0.05) is 22.9 Å². The molecule has 0 amide bonds. The Bertz CT molecular complexity index is 626. The maximum absolute atomic E-state index is 13.7. The summed E-state index contributed by atoms with van der Waals surface area (Å²) in [6.07, 6.45) is 2.36. The molecular formula is C16H20FN3O. The third kappa shape index (κ3) is 3.47. The van der Waals surface area contributed by atoms with E-state index in [1.165, 1.54) is 12.5 Å². The van der Waals surface area contributed by atoms with E-state index in [1.54, 1.807) is 6.07 Å². The highest BCUT2D eigenvalue weighted by Gasteiger charge is 2.22. The number of aryl methyl sites for hydroxylation is 1. The van der Waals surface area contributed by atoms with E-state index in [1.807, 2.05) is 13.0 Å². The number of hydrogen-bond donors (Lipinski definition) is 0. The van der Waals surface area contributed by atoms with Crippen molar-refractivity contribution in [2.24, 2.45) is 5.92 Å². The first-order valence-corrected chi connectivity index (χ1v) is 7.35. The molecule has 2 aromatic rings. The van der Waals surface area contributed by atoms with E-state index in [-0.39, 0.29) is 5.82 Å². The fourth-order valence-electron chi connectivity index (χ4n) is 2.89. The molecule has 1 aromatic carbocycles. The summed E-state index contributed by atoms with van der Waals surface area (Å²) in [6.45, 7) is 4.14. The summed E-state index contributed by atoms with van der Waals surface area (Å²) in [5.74, 6) is 1.59. The van der Waals surface area contributed by atoms with Crippen LogP contribution in [0.25, 0.3) is 0 Å². The minimum absolute atomic E-state index is 0.218. The summed E-state index contributed by atoms with van der Waals surface area (Å²) in [4.78, 5) is 6.71. The van der Waals surface area contributed by atoms with E-state index in [9.17, 15) is 4.39 Å². The predicted molar refractivity (Wildman–Crippen MR) is 77.5 cm³/mol. The highest BCUT2D eigenvalue weighted by atomic mass is 19.1. The van der Waals surface area contributed by atoms with Crippen LogP contribution in [0, 0.1) is 18.7 Å². The highest BCUT2D eigenvalue weighted by molar-refractivity contribution is 5.26. The minimum Gasteiger partial charge on any atom is -0.339 e. The van der Waals surface area contributed by atoms with Crippen LogP contribution in [-0.4, -0.2) is 35.2 Å². The summed E-state index contributed by atoms with van der Waals surface area (Å²) in [5, 5.41) is 3.98. The molecule has 1 unspecified atom stereocenters. The molecule has 4 nitrogen and oxygen atoms in total. The molecule has 0 N–H and O–H groups in total. The van der Waals surface area contributed by atoms with Crippen molar-refractivity contribution < 1.29 is 8.91 Å². The molecule has 1 atom stereocenters. The van der Waals surface area contributed by atoms with Gasteiger partial charge in [0.05, 0.1) is 0 Å². The lowest BCUT2D eigenvalue weighted by atomic mass is 10.1. The smallest absolute Gasteiger partial charge is 0.226 e. The third-order valence-corrected chi connectivity index (χ3v) is 4.01. The first kappa shape index (κ1) is 14.2. The molecule has 1 aliphatic rings. The van der Waals surface area contributed by atoms with Crippen LogP contribution in [0.15, 0.2) is 22.7 Å². The topological polar surface area (TPSA) is 42.2 Å². The summed E-state index contributed by atoms with van der Waals surface area (Å²) < 4.78 is 19.0. The van der Waals surface area contributed by atoms with E-state index in [4.69, 9.17) is 4.52 Å². The number of likely N-dealkylation sites (tertiary alicyclic amines) is 1. The highest BCUT2D eigenvalue weighted by Crippen LogP contribution is 2.19. The molecule has 0 aliphatic carbocycles. The zero-order valence-corrected chi connectivity index (χ0v) is 12.5. The van der Waals surface area contributed by atoms with Crippen molar-refractivity contribution in [1.29, 1.82) is 0 Å². The van der Waals surface area contributed by atoms with Crippen LogP contribution in [0.1, 0.15) is 29.3 Å². The quantitative estimate of drug-likeness (QED) is 0.867. The van der Waals surface area contributed by atoms with E-state index in [0.717, 1.165) is 25.1 Å². The summed E-state index contributed by atoms with van der Waals surface area (Å²) in [5.41, 5.74) is 1.65. The maximum atomic E-state index is 13.7. The minimum atomic E-state index is -0.218. The molecule has 5 heteroatoms. The number of rotatable bonds is 4. The van der Waals surface area contributed by atoms with Crippen LogP contribution < -0.4 is 0 Å². The monoisotopic (exact) mass is 289 g/mol. The lowest BCUT2D eigenvalue weighted by Crippen LogP contribution is -2.15. The molecular weight excluding hydrogens is 269 g/mol. The number of nitrogens with zero attached hydrogens (tertiary/aromatic N) is 3. The van der Waals surface area contributed by atoms with E-state index < -0.39 is 0 Å². The van der Waals surface area contributed by atoms with Gasteiger partial charge >= 0.3 is 0 Å². The lowest BCUT2D eigenvalue weighted by molar-refractivity contribution is 0.341. The number of aromatic nitrogens is 2.